The highest BCUT2D eigenvalue weighted by molar-refractivity contribution is 6.42. The van der Waals surface area contributed by atoms with Crippen LogP contribution in [0.5, 0.6) is 0 Å². The highest BCUT2D eigenvalue weighted by Gasteiger charge is 2.33. The number of hydrogen-bond acceptors (Lipinski definition) is 0. The summed E-state index contributed by atoms with van der Waals surface area (Å²) in [6, 6.07) is 5.76. The van der Waals surface area contributed by atoms with Gasteiger partial charge in [0.05, 0.1) is 10.0 Å². The first-order valence-electron chi connectivity index (χ1n) is 5.01. The molecule has 0 fully saturated rings. The van der Waals surface area contributed by atoms with Crippen LogP contribution in [0.2, 0.25) is 10.0 Å². The Kier molecular flexibility index (Phi) is 3.34. The van der Waals surface area contributed by atoms with Gasteiger partial charge in [-0.2, -0.15) is 13.2 Å². The van der Waals surface area contributed by atoms with Gasteiger partial charge >= 0.3 is 6.18 Å². The van der Waals surface area contributed by atoms with Crippen molar-refractivity contribution < 1.29 is 13.2 Å². The van der Waals surface area contributed by atoms with E-state index in [1.807, 2.05) is 0 Å². The molecule has 18 heavy (non-hydrogen) atoms. The average Bonchev–Trinajstić information content (AvgIpc) is 2.64. The molecule has 1 heterocycles. The van der Waals surface area contributed by atoms with Gasteiger partial charge in [-0.05, 0) is 36.2 Å². The smallest absolute Gasteiger partial charge is 0.351 e. The van der Waals surface area contributed by atoms with Crippen LogP contribution in [0.3, 0.4) is 0 Å². The van der Waals surface area contributed by atoms with Crippen molar-refractivity contribution in [1.82, 2.24) is 4.98 Å². The quantitative estimate of drug-likeness (QED) is 0.733. The Labute approximate surface area is 112 Å². The van der Waals surface area contributed by atoms with Gasteiger partial charge in [0.25, 0.3) is 0 Å². The Morgan fingerprint density at radius 2 is 1.72 bits per heavy atom. The minimum absolute atomic E-state index is 0.303. The molecule has 0 aliphatic carbocycles. The Morgan fingerprint density at radius 1 is 1.06 bits per heavy atom. The van der Waals surface area contributed by atoms with E-state index in [-0.39, 0.29) is 0 Å². The lowest BCUT2D eigenvalue weighted by Crippen LogP contribution is -2.04. The number of rotatable bonds is 1. The third kappa shape index (κ3) is 2.49. The summed E-state index contributed by atoms with van der Waals surface area (Å²) in [4.78, 5) is 2.36. The van der Waals surface area contributed by atoms with Crippen molar-refractivity contribution in [3.8, 4) is 11.3 Å². The fourth-order valence-electron chi connectivity index (χ4n) is 1.66. The van der Waals surface area contributed by atoms with Crippen molar-refractivity contribution >= 4 is 23.2 Å². The molecule has 6 heteroatoms. The number of H-pyrrole nitrogens is 1. The van der Waals surface area contributed by atoms with Crippen LogP contribution >= 0.6 is 23.2 Å². The molecule has 0 unspecified atom stereocenters. The Bertz CT molecular complexity index is 587. The van der Waals surface area contributed by atoms with E-state index < -0.39 is 11.9 Å². The van der Waals surface area contributed by atoms with Gasteiger partial charge in [0.1, 0.15) is 5.69 Å². The molecule has 0 spiro atoms. The topological polar surface area (TPSA) is 15.8 Å². The summed E-state index contributed by atoms with van der Waals surface area (Å²) < 4.78 is 37.7. The SMILES string of the molecule is Cc1cc(C(F)(F)F)[nH]c1-c1ccc(Cl)c(Cl)c1. The standard InChI is InChI=1S/C12H8Cl2F3N/c1-6-4-10(12(15,16)17)18-11(6)7-2-3-8(13)9(14)5-7/h2-5,18H,1H3. The van der Waals surface area contributed by atoms with E-state index >= 15 is 0 Å². The van der Waals surface area contributed by atoms with Crippen LogP contribution in [0.4, 0.5) is 13.2 Å². The van der Waals surface area contributed by atoms with Gasteiger partial charge in [-0.3, -0.25) is 0 Å². The molecule has 1 N–H and O–H groups in total. The van der Waals surface area contributed by atoms with E-state index in [0.717, 1.165) is 6.07 Å². The van der Waals surface area contributed by atoms with Crippen LogP contribution in [0, 0.1) is 6.92 Å². The first-order chi connectivity index (χ1) is 8.29. The summed E-state index contributed by atoms with van der Waals surface area (Å²) in [5.74, 6) is 0. The monoisotopic (exact) mass is 293 g/mol. The maximum atomic E-state index is 12.6. The molecule has 0 amide bonds. The second-order valence-corrected chi connectivity index (χ2v) is 4.68. The predicted molar refractivity (Wildman–Crippen MR) is 66.0 cm³/mol. The largest absolute Gasteiger partial charge is 0.431 e. The van der Waals surface area contributed by atoms with Gasteiger partial charge in [0, 0.05) is 5.69 Å². The van der Waals surface area contributed by atoms with Crippen LogP contribution in [0.1, 0.15) is 11.3 Å². The van der Waals surface area contributed by atoms with E-state index in [1.165, 1.54) is 6.07 Å². The van der Waals surface area contributed by atoms with Crippen molar-refractivity contribution in [1.29, 1.82) is 0 Å². The third-order valence-electron chi connectivity index (χ3n) is 2.53. The molecule has 2 rings (SSSR count). The number of halogens is 5. The van der Waals surface area contributed by atoms with Gasteiger partial charge in [-0.25, -0.2) is 0 Å². The number of aromatic amines is 1. The van der Waals surface area contributed by atoms with Crippen molar-refractivity contribution in [3.05, 3.63) is 45.6 Å². The van der Waals surface area contributed by atoms with Crippen molar-refractivity contribution in [2.24, 2.45) is 0 Å². The highest BCUT2D eigenvalue weighted by Crippen LogP contribution is 2.34. The summed E-state index contributed by atoms with van der Waals surface area (Å²) >= 11 is 11.6. The number of benzene rings is 1. The minimum Gasteiger partial charge on any atom is -0.351 e. The fourth-order valence-corrected chi connectivity index (χ4v) is 1.96. The molecule has 1 aromatic heterocycles. The zero-order chi connectivity index (χ0) is 13.5. The normalized spacial score (nSPS) is 11.9. The molecule has 1 nitrogen and oxygen atoms in total. The van der Waals surface area contributed by atoms with E-state index in [0.29, 0.717) is 26.9 Å². The number of aryl methyl sites for hydroxylation is 1. The summed E-state index contributed by atoms with van der Waals surface area (Å²) in [7, 11) is 0. The first-order valence-corrected chi connectivity index (χ1v) is 5.77. The fraction of sp³-hybridized carbons (Fsp3) is 0.167. The zero-order valence-electron chi connectivity index (χ0n) is 9.20. The van der Waals surface area contributed by atoms with Gasteiger partial charge in [0.15, 0.2) is 0 Å². The van der Waals surface area contributed by atoms with Crippen LogP contribution in [0.15, 0.2) is 24.3 Å². The second-order valence-electron chi connectivity index (χ2n) is 3.87. The average molecular weight is 294 g/mol. The Morgan fingerprint density at radius 3 is 2.22 bits per heavy atom. The van der Waals surface area contributed by atoms with Gasteiger partial charge in [-0.1, -0.05) is 29.3 Å². The maximum Gasteiger partial charge on any atom is 0.431 e. The van der Waals surface area contributed by atoms with Crippen molar-refractivity contribution in [3.63, 3.8) is 0 Å². The second kappa shape index (κ2) is 4.52. The van der Waals surface area contributed by atoms with Crippen molar-refractivity contribution in [2.45, 2.75) is 13.1 Å². The van der Waals surface area contributed by atoms with Crippen molar-refractivity contribution in [2.75, 3.05) is 0 Å². The molecule has 96 valence electrons. The Balaban J connectivity index is 2.51. The molecule has 0 saturated carbocycles. The lowest BCUT2D eigenvalue weighted by molar-refractivity contribution is -0.140. The maximum absolute atomic E-state index is 12.6. The number of hydrogen-bond donors (Lipinski definition) is 1. The Hall–Kier alpha value is -1.13. The molecular formula is C12H8Cl2F3N. The number of alkyl halides is 3. The highest BCUT2D eigenvalue weighted by atomic mass is 35.5. The van der Waals surface area contributed by atoms with E-state index in [1.54, 1.807) is 19.1 Å². The summed E-state index contributed by atoms with van der Waals surface area (Å²) in [5, 5.41) is 0.664. The first kappa shape index (κ1) is 13.3. The van der Waals surface area contributed by atoms with Crippen LogP contribution in [0.25, 0.3) is 11.3 Å². The summed E-state index contributed by atoms with van der Waals surface area (Å²) in [5.41, 5.74) is 0.681. The molecular weight excluding hydrogens is 286 g/mol. The minimum atomic E-state index is -4.39. The molecule has 0 atom stereocenters. The molecule has 0 aliphatic rings. The summed E-state index contributed by atoms with van der Waals surface area (Å²) in [6.07, 6.45) is -4.39. The van der Waals surface area contributed by atoms with E-state index in [4.69, 9.17) is 23.2 Å². The lowest BCUT2D eigenvalue weighted by atomic mass is 10.1. The molecule has 0 saturated heterocycles. The molecule has 1 aromatic carbocycles. The molecule has 0 aliphatic heterocycles. The summed E-state index contributed by atoms with van der Waals surface area (Å²) in [6.45, 7) is 1.60. The lowest BCUT2D eigenvalue weighted by Gasteiger charge is -2.04. The number of aromatic nitrogens is 1. The zero-order valence-corrected chi connectivity index (χ0v) is 10.7. The predicted octanol–water partition coefficient (Wildman–Crippen LogP) is 5.32. The molecule has 2 aromatic rings. The van der Waals surface area contributed by atoms with Crippen LogP contribution < -0.4 is 0 Å². The van der Waals surface area contributed by atoms with Gasteiger partial charge in [0.2, 0.25) is 0 Å². The van der Waals surface area contributed by atoms with Gasteiger partial charge in [-0.15, -0.1) is 0 Å². The van der Waals surface area contributed by atoms with E-state index in [2.05, 4.69) is 4.98 Å². The van der Waals surface area contributed by atoms with Crippen LogP contribution in [-0.4, -0.2) is 4.98 Å². The van der Waals surface area contributed by atoms with Gasteiger partial charge < -0.3 is 4.98 Å². The van der Waals surface area contributed by atoms with Crippen LogP contribution in [-0.2, 0) is 6.18 Å². The number of nitrogens with one attached hydrogen (secondary N) is 1. The van der Waals surface area contributed by atoms with E-state index in [9.17, 15) is 13.2 Å². The molecule has 0 radical (unpaired) electrons. The molecule has 0 bridgehead atoms. The third-order valence-corrected chi connectivity index (χ3v) is 3.27.